The molecule has 3 heterocycles. The van der Waals surface area contributed by atoms with Crippen molar-refractivity contribution in [2.45, 2.75) is 19.9 Å². The summed E-state index contributed by atoms with van der Waals surface area (Å²) in [5, 5.41) is 3.66. The number of likely N-dealkylation sites (N-methyl/N-ethyl adjacent to an activating group) is 1. The van der Waals surface area contributed by atoms with Gasteiger partial charge in [-0.1, -0.05) is 18.2 Å². The molecule has 2 amide bonds. The highest BCUT2D eigenvalue weighted by Gasteiger charge is 2.33. The van der Waals surface area contributed by atoms with Gasteiger partial charge in [-0.3, -0.25) is 9.59 Å². The molecule has 30 heavy (non-hydrogen) atoms. The normalized spacial score (nSPS) is 16.8. The third-order valence-corrected chi connectivity index (χ3v) is 5.58. The molecule has 1 aliphatic heterocycles. The van der Waals surface area contributed by atoms with Crippen LogP contribution in [0.3, 0.4) is 0 Å². The van der Waals surface area contributed by atoms with Crippen molar-refractivity contribution >= 4 is 28.7 Å². The number of hydrogen-bond donors (Lipinski definition) is 1. The molecule has 0 aliphatic carbocycles. The molecule has 154 valence electrons. The first-order valence-corrected chi connectivity index (χ1v) is 9.87. The number of nitrogens with zero attached hydrogens (tertiary/aromatic N) is 5. The zero-order valence-corrected chi connectivity index (χ0v) is 17.5. The molecule has 1 fully saturated rings. The van der Waals surface area contributed by atoms with E-state index < -0.39 is 6.04 Å². The molecular formula is C22H24N6O2. The summed E-state index contributed by atoms with van der Waals surface area (Å²) < 4.78 is 0. The molecule has 1 unspecified atom stereocenters. The van der Waals surface area contributed by atoms with E-state index in [4.69, 9.17) is 4.98 Å². The van der Waals surface area contributed by atoms with Crippen LogP contribution < -0.4 is 5.32 Å². The first-order valence-electron chi connectivity index (χ1n) is 9.87. The Balaban J connectivity index is 1.84. The Labute approximate surface area is 175 Å². The standard InChI is InChI=1S/C22H24N6O2/c1-13-6-5-7-16-17(21(30)28-9-8-27(4)20(29)14(28)2)10-18(26-19(13)16)15-11-24-22(23-3)25-12-15/h5-7,10-12,14H,8-9H2,1-4H3,(H,23,24,25). The molecule has 1 saturated heterocycles. The van der Waals surface area contributed by atoms with Crippen molar-refractivity contribution in [1.29, 1.82) is 0 Å². The molecule has 8 nitrogen and oxygen atoms in total. The first kappa shape index (κ1) is 19.8. The summed E-state index contributed by atoms with van der Waals surface area (Å²) in [7, 11) is 3.51. The van der Waals surface area contributed by atoms with Crippen LogP contribution in [0.2, 0.25) is 0 Å². The van der Waals surface area contributed by atoms with Crippen LogP contribution >= 0.6 is 0 Å². The van der Waals surface area contributed by atoms with Crippen molar-refractivity contribution in [1.82, 2.24) is 24.8 Å². The Hall–Kier alpha value is -3.55. The second-order valence-electron chi connectivity index (χ2n) is 7.51. The Morgan fingerprint density at radius 2 is 1.93 bits per heavy atom. The largest absolute Gasteiger partial charge is 0.357 e. The number of para-hydroxylation sites is 1. The fraction of sp³-hybridized carbons (Fsp3) is 0.318. The zero-order valence-electron chi connectivity index (χ0n) is 17.5. The van der Waals surface area contributed by atoms with Gasteiger partial charge in [-0.15, -0.1) is 0 Å². The minimum absolute atomic E-state index is 0.0552. The number of aryl methyl sites for hydroxylation is 1. The number of pyridine rings is 1. The van der Waals surface area contributed by atoms with Crippen LogP contribution in [0.15, 0.2) is 36.7 Å². The number of carbonyl (C=O) groups is 2. The predicted molar refractivity (Wildman–Crippen MR) is 115 cm³/mol. The number of fused-ring (bicyclic) bond motifs is 1. The number of carbonyl (C=O) groups excluding carboxylic acids is 2. The number of nitrogens with one attached hydrogen (secondary N) is 1. The smallest absolute Gasteiger partial charge is 0.255 e. The van der Waals surface area contributed by atoms with E-state index in [1.165, 1.54) is 0 Å². The van der Waals surface area contributed by atoms with Crippen LogP contribution in [0.25, 0.3) is 22.2 Å². The molecule has 3 aromatic rings. The number of hydrogen-bond acceptors (Lipinski definition) is 6. The highest BCUT2D eigenvalue weighted by molar-refractivity contribution is 6.09. The summed E-state index contributed by atoms with van der Waals surface area (Å²) in [6.45, 7) is 4.75. The van der Waals surface area contributed by atoms with Crippen molar-refractivity contribution in [3.05, 3.63) is 47.8 Å². The average Bonchev–Trinajstić information content (AvgIpc) is 2.77. The molecule has 0 radical (unpaired) electrons. The minimum atomic E-state index is -0.508. The number of aromatic nitrogens is 3. The van der Waals surface area contributed by atoms with Crippen LogP contribution in [0.5, 0.6) is 0 Å². The highest BCUT2D eigenvalue weighted by Crippen LogP contribution is 2.28. The second-order valence-corrected chi connectivity index (χ2v) is 7.51. The van der Waals surface area contributed by atoms with Crippen LogP contribution in [-0.2, 0) is 4.79 Å². The molecule has 4 rings (SSSR count). The molecule has 1 atom stereocenters. The number of rotatable bonds is 3. The van der Waals surface area contributed by atoms with Crippen LogP contribution in [0.4, 0.5) is 5.95 Å². The van der Waals surface area contributed by atoms with Gasteiger partial charge < -0.3 is 15.1 Å². The molecule has 1 aromatic carbocycles. The lowest BCUT2D eigenvalue weighted by molar-refractivity contribution is -0.137. The fourth-order valence-corrected chi connectivity index (χ4v) is 3.75. The van der Waals surface area contributed by atoms with Gasteiger partial charge in [-0.25, -0.2) is 15.0 Å². The Kier molecular flexibility index (Phi) is 5.07. The first-order chi connectivity index (χ1) is 14.4. The minimum Gasteiger partial charge on any atom is -0.357 e. The maximum absolute atomic E-state index is 13.6. The lowest BCUT2D eigenvalue weighted by Gasteiger charge is -2.37. The van der Waals surface area contributed by atoms with Crippen LogP contribution in [0, 0.1) is 6.92 Å². The van der Waals surface area contributed by atoms with Crippen molar-refractivity contribution in [3.63, 3.8) is 0 Å². The molecule has 0 saturated carbocycles. The van der Waals surface area contributed by atoms with E-state index in [2.05, 4.69) is 15.3 Å². The van der Waals surface area contributed by atoms with Crippen LogP contribution in [-0.4, -0.2) is 69.8 Å². The van der Waals surface area contributed by atoms with E-state index in [0.29, 0.717) is 30.3 Å². The van der Waals surface area contributed by atoms with E-state index in [9.17, 15) is 9.59 Å². The molecule has 8 heteroatoms. The quantitative estimate of drug-likeness (QED) is 0.721. The molecule has 1 aliphatic rings. The van der Waals surface area contributed by atoms with Crippen molar-refractivity contribution in [2.24, 2.45) is 0 Å². The predicted octanol–water partition coefficient (Wildman–Crippen LogP) is 2.34. The summed E-state index contributed by atoms with van der Waals surface area (Å²) in [6, 6.07) is 7.05. The molecule has 0 spiro atoms. The van der Waals surface area contributed by atoms with Gasteiger partial charge in [0.15, 0.2) is 0 Å². The summed E-state index contributed by atoms with van der Waals surface area (Å²) >= 11 is 0. The van der Waals surface area contributed by atoms with Gasteiger partial charge >= 0.3 is 0 Å². The Bertz CT molecular complexity index is 1130. The maximum Gasteiger partial charge on any atom is 0.255 e. The van der Waals surface area contributed by atoms with Gasteiger partial charge in [-0.2, -0.15) is 0 Å². The molecular weight excluding hydrogens is 380 g/mol. The van der Waals surface area contributed by atoms with E-state index in [1.807, 2.05) is 25.1 Å². The third-order valence-electron chi connectivity index (χ3n) is 5.58. The Morgan fingerprint density at radius 3 is 2.63 bits per heavy atom. The SMILES string of the molecule is CNc1ncc(-c2cc(C(=O)N3CCN(C)C(=O)C3C)c3cccc(C)c3n2)cn1. The number of benzene rings is 1. The molecule has 0 bridgehead atoms. The zero-order chi connectivity index (χ0) is 21.4. The van der Waals surface area contributed by atoms with E-state index >= 15 is 0 Å². The van der Waals surface area contributed by atoms with Gasteiger partial charge in [0.05, 0.1) is 16.8 Å². The maximum atomic E-state index is 13.6. The van der Waals surface area contributed by atoms with Crippen molar-refractivity contribution in [2.75, 3.05) is 32.5 Å². The van der Waals surface area contributed by atoms with Crippen molar-refractivity contribution in [3.8, 4) is 11.3 Å². The summed E-state index contributed by atoms with van der Waals surface area (Å²) in [5.74, 6) is 0.285. The Morgan fingerprint density at radius 1 is 1.20 bits per heavy atom. The van der Waals surface area contributed by atoms with Gasteiger partial charge in [0.1, 0.15) is 6.04 Å². The van der Waals surface area contributed by atoms with E-state index in [0.717, 1.165) is 22.0 Å². The van der Waals surface area contributed by atoms with Gasteiger partial charge in [0.25, 0.3) is 5.91 Å². The number of anilines is 1. The average molecular weight is 404 g/mol. The summed E-state index contributed by atoms with van der Waals surface area (Å²) in [4.78, 5) is 42.6. The van der Waals surface area contributed by atoms with Crippen molar-refractivity contribution < 1.29 is 9.59 Å². The number of piperazine rings is 1. The molecule has 1 N–H and O–H groups in total. The fourth-order valence-electron chi connectivity index (χ4n) is 3.75. The van der Waals surface area contributed by atoms with E-state index in [-0.39, 0.29) is 11.8 Å². The number of amides is 2. The monoisotopic (exact) mass is 404 g/mol. The second kappa shape index (κ2) is 7.70. The van der Waals surface area contributed by atoms with Gasteiger partial charge in [0.2, 0.25) is 11.9 Å². The van der Waals surface area contributed by atoms with E-state index in [1.54, 1.807) is 49.3 Å². The van der Waals surface area contributed by atoms with Gasteiger partial charge in [-0.05, 0) is 25.5 Å². The summed E-state index contributed by atoms with van der Waals surface area (Å²) in [6.07, 6.45) is 3.36. The highest BCUT2D eigenvalue weighted by atomic mass is 16.2. The lowest BCUT2D eigenvalue weighted by atomic mass is 10.0. The lowest BCUT2D eigenvalue weighted by Crippen LogP contribution is -2.56. The molecule has 2 aromatic heterocycles. The summed E-state index contributed by atoms with van der Waals surface area (Å²) in [5.41, 5.74) is 3.59. The third kappa shape index (κ3) is 3.34. The topological polar surface area (TPSA) is 91.3 Å². The van der Waals surface area contributed by atoms with Crippen LogP contribution in [0.1, 0.15) is 22.8 Å². The van der Waals surface area contributed by atoms with Gasteiger partial charge in [0, 0.05) is 50.5 Å².